The third-order valence-corrected chi connectivity index (χ3v) is 8.88. The summed E-state index contributed by atoms with van der Waals surface area (Å²) in [5.41, 5.74) is -8.94. The van der Waals surface area contributed by atoms with Crippen LogP contribution in [0.25, 0.3) is 11.3 Å². The van der Waals surface area contributed by atoms with Gasteiger partial charge in [-0.05, 0) is 55.7 Å². The number of aromatic nitrogens is 5. The minimum absolute atomic E-state index is 0.0497. The molecule has 0 bridgehead atoms. The summed E-state index contributed by atoms with van der Waals surface area (Å²) in [5.74, 6) is -9.38. The zero-order valence-corrected chi connectivity index (χ0v) is 30.3. The summed E-state index contributed by atoms with van der Waals surface area (Å²) in [7, 11) is 0. The molecule has 1 unspecified atom stereocenters. The number of aliphatic hydroxyl groups is 8. The van der Waals surface area contributed by atoms with Crippen molar-refractivity contribution in [2.24, 2.45) is 0 Å². The molecule has 3 heterocycles. The third kappa shape index (κ3) is 9.20. The molecule has 25 heteroatoms. The Bertz CT molecular complexity index is 2160. The van der Waals surface area contributed by atoms with E-state index in [0.717, 1.165) is 32.3 Å². The minimum atomic E-state index is -5.33. The molecule has 2 amide bonds. The Kier molecular flexibility index (Phi) is 12.0. The van der Waals surface area contributed by atoms with Gasteiger partial charge in [-0.15, -0.1) is 11.6 Å². The van der Waals surface area contributed by atoms with Gasteiger partial charge in [0, 0.05) is 34.7 Å². The summed E-state index contributed by atoms with van der Waals surface area (Å²) in [6, 6.07) is 0.689. The molecule has 0 aliphatic carbocycles. The Morgan fingerprint density at radius 2 is 1.60 bits per heavy atom. The number of hydrogen-bond acceptors (Lipinski definition) is 13. The quantitative estimate of drug-likeness (QED) is 0.0456. The number of amides is 2. The first-order chi connectivity index (χ1) is 25.1. The van der Waals surface area contributed by atoms with E-state index in [1.165, 1.54) is 6.07 Å². The zero-order valence-electron chi connectivity index (χ0n) is 27.9. The maximum absolute atomic E-state index is 15.1. The molecule has 300 valence electrons. The van der Waals surface area contributed by atoms with Crippen LogP contribution in [0.3, 0.4) is 0 Å². The van der Waals surface area contributed by atoms with Crippen molar-refractivity contribution in [2.45, 2.75) is 62.6 Å². The zero-order chi connectivity index (χ0) is 41.6. The van der Waals surface area contributed by atoms with Gasteiger partial charge in [0.25, 0.3) is 17.4 Å². The van der Waals surface area contributed by atoms with Gasteiger partial charge in [-0.1, -0.05) is 15.9 Å². The second kappa shape index (κ2) is 15.3. The van der Waals surface area contributed by atoms with Crippen molar-refractivity contribution >= 4 is 39.3 Å². The van der Waals surface area contributed by atoms with Gasteiger partial charge in [0.2, 0.25) is 5.91 Å². The van der Waals surface area contributed by atoms with E-state index in [0.29, 0.717) is 0 Å². The molecule has 0 aliphatic rings. The Morgan fingerprint density at radius 3 is 2.15 bits per heavy atom. The molecule has 10 N–H and O–H groups in total. The Morgan fingerprint density at radius 1 is 0.964 bits per heavy atom. The van der Waals surface area contributed by atoms with Crippen LogP contribution in [0.1, 0.15) is 41.0 Å². The molecule has 0 saturated carbocycles. The summed E-state index contributed by atoms with van der Waals surface area (Å²) in [6.07, 6.45) is -11.7. The van der Waals surface area contributed by atoms with Gasteiger partial charge in [0.05, 0.1) is 17.5 Å². The van der Waals surface area contributed by atoms with Gasteiger partial charge in [-0.2, -0.15) is 28.1 Å². The van der Waals surface area contributed by atoms with Gasteiger partial charge < -0.3 is 51.5 Å². The number of pyridine rings is 1. The average Bonchev–Trinajstić information content (AvgIpc) is 3.72. The van der Waals surface area contributed by atoms with Gasteiger partial charge >= 0.3 is 18.4 Å². The molecular formula is C30H30BrClF5N7O11. The summed E-state index contributed by atoms with van der Waals surface area (Å²) < 4.78 is 71.2. The number of hydrogen-bond donors (Lipinski definition) is 10. The monoisotopic (exact) mass is 873 g/mol. The molecule has 0 spiro atoms. The SMILES string of the molecule is CC(C)(NC(=O)C(Cc1cnn(C(O)(O)O)c1)NC(=O)c1c(F)ccc(Br)c1CCCl)C(O)(O)n1nc(C(F)(F)F)cc1-c1cc(F)c(=O)n(C(O)(O)O)c1. The number of nitrogens with zero attached hydrogens (tertiary/aromatic N) is 5. The van der Waals surface area contributed by atoms with Gasteiger partial charge in [0.15, 0.2) is 11.5 Å². The van der Waals surface area contributed by atoms with Crippen molar-refractivity contribution < 1.29 is 72.4 Å². The van der Waals surface area contributed by atoms with Crippen molar-refractivity contribution in [3.8, 4) is 11.3 Å². The molecule has 18 nitrogen and oxygen atoms in total. The van der Waals surface area contributed by atoms with Crippen LogP contribution in [0.2, 0.25) is 0 Å². The predicted octanol–water partition coefficient (Wildman–Crippen LogP) is -0.630. The number of halogens is 7. The van der Waals surface area contributed by atoms with E-state index in [-0.39, 0.29) is 55.6 Å². The van der Waals surface area contributed by atoms with Crippen molar-refractivity contribution in [3.63, 3.8) is 0 Å². The van der Waals surface area contributed by atoms with Crippen LogP contribution in [0.15, 0.2) is 52.1 Å². The van der Waals surface area contributed by atoms with Crippen LogP contribution in [0.5, 0.6) is 0 Å². The highest BCUT2D eigenvalue weighted by molar-refractivity contribution is 9.10. The van der Waals surface area contributed by atoms with Crippen LogP contribution in [0.4, 0.5) is 22.0 Å². The van der Waals surface area contributed by atoms with Crippen molar-refractivity contribution in [1.82, 2.24) is 34.8 Å². The molecule has 0 fully saturated rings. The topological polar surface area (TPSA) is 278 Å². The summed E-state index contributed by atoms with van der Waals surface area (Å²) in [4.78, 5) is 39.5. The lowest BCUT2D eigenvalue weighted by Crippen LogP contribution is -2.65. The summed E-state index contributed by atoms with van der Waals surface area (Å²) in [6.45, 7) is 1.68. The molecule has 0 radical (unpaired) electrons. The normalized spacial score (nSPS) is 13.5. The van der Waals surface area contributed by atoms with Gasteiger partial charge in [-0.25, -0.2) is 18.0 Å². The molecule has 1 atom stereocenters. The van der Waals surface area contributed by atoms with Crippen LogP contribution in [-0.4, -0.2) is 94.3 Å². The number of carbonyl (C=O) groups is 2. The Labute approximate surface area is 317 Å². The number of alkyl halides is 4. The van der Waals surface area contributed by atoms with Gasteiger partial charge in [0.1, 0.15) is 17.4 Å². The van der Waals surface area contributed by atoms with E-state index in [1.54, 1.807) is 0 Å². The van der Waals surface area contributed by atoms with E-state index < -0.39 is 98.4 Å². The molecule has 1 aromatic carbocycles. The molecule has 55 heavy (non-hydrogen) atoms. The fourth-order valence-corrected chi connectivity index (χ4v) is 5.82. The van der Waals surface area contributed by atoms with Crippen molar-refractivity contribution in [3.05, 3.63) is 91.7 Å². The smallest absolute Gasteiger partial charge is 0.346 e. The van der Waals surface area contributed by atoms with Gasteiger partial charge in [-0.3, -0.25) is 14.4 Å². The lowest BCUT2D eigenvalue weighted by Gasteiger charge is -2.40. The van der Waals surface area contributed by atoms with E-state index in [9.17, 15) is 72.8 Å². The molecular weight excluding hydrogens is 845 g/mol. The highest BCUT2D eigenvalue weighted by atomic mass is 79.9. The van der Waals surface area contributed by atoms with Crippen LogP contribution in [-0.2, 0) is 41.9 Å². The van der Waals surface area contributed by atoms with E-state index in [4.69, 9.17) is 11.6 Å². The standard InChI is InChI=1S/C30H30BrClF5N7O11/c1-26(2,28(48,49)44-20(9-21(41-44)27(35,36)37)14-8-18(34)25(47)42(12-14)29(50,51)52)40-23(45)19(7-13-10-38-43(11-13)30(53,54)55)39-24(46)22-15(5-6-32)16(31)3-4-17(22)33/h3-4,8-12,19,48-55H,5-7H2,1-2H3,(H,39,46)(H,40,45). The second-order valence-electron chi connectivity index (χ2n) is 12.4. The predicted molar refractivity (Wildman–Crippen MR) is 176 cm³/mol. The number of nitrogens with one attached hydrogen (secondary N) is 2. The molecule has 0 aliphatic heterocycles. The van der Waals surface area contributed by atoms with Crippen LogP contribution >= 0.6 is 27.5 Å². The summed E-state index contributed by atoms with van der Waals surface area (Å²) in [5, 5.41) is 90.8. The van der Waals surface area contributed by atoms with Crippen molar-refractivity contribution in [2.75, 3.05) is 5.88 Å². The maximum atomic E-state index is 15.1. The highest BCUT2D eigenvalue weighted by Crippen LogP contribution is 2.36. The van der Waals surface area contributed by atoms with E-state index in [1.807, 2.05) is 0 Å². The minimum Gasteiger partial charge on any atom is -0.346 e. The largest absolute Gasteiger partial charge is 0.435 e. The Balaban J connectivity index is 1.81. The molecule has 3 aromatic heterocycles. The Hall–Kier alpha value is -4.37. The molecule has 0 saturated heterocycles. The summed E-state index contributed by atoms with van der Waals surface area (Å²) >= 11 is 9.02. The average molecular weight is 875 g/mol. The number of carbonyl (C=O) groups excluding carboxylic acids is 2. The lowest BCUT2D eigenvalue weighted by atomic mass is 9.97. The lowest BCUT2D eigenvalue weighted by molar-refractivity contribution is -0.381. The van der Waals surface area contributed by atoms with Crippen molar-refractivity contribution in [1.29, 1.82) is 0 Å². The fraction of sp³-hybridized carbons (Fsp3) is 0.367. The van der Waals surface area contributed by atoms with Crippen LogP contribution < -0.4 is 16.2 Å². The number of benzene rings is 1. The second-order valence-corrected chi connectivity index (χ2v) is 13.6. The number of rotatable bonds is 13. The van der Waals surface area contributed by atoms with Crippen LogP contribution in [0, 0.1) is 11.6 Å². The van der Waals surface area contributed by atoms with E-state index in [2.05, 4.69) is 36.8 Å². The molecule has 4 rings (SSSR count). The molecule has 4 aromatic rings. The first kappa shape index (κ1) is 43.4. The fourth-order valence-electron chi connectivity index (χ4n) is 5.10. The first-order valence-electron chi connectivity index (χ1n) is 15.2. The highest BCUT2D eigenvalue weighted by Gasteiger charge is 2.50. The first-order valence-corrected chi connectivity index (χ1v) is 16.5. The maximum Gasteiger partial charge on any atom is 0.435 e. The van der Waals surface area contributed by atoms with E-state index >= 15 is 4.39 Å². The third-order valence-electron chi connectivity index (χ3n) is 7.94.